The van der Waals surface area contributed by atoms with Crippen LogP contribution in [0.1, 0.15) is 13.8 Å². The lowest BCUT2D eigenvalue weighted by molar-refractivity contribution is 0.187. The highest BCUT2D eigenvalue weighted by Gasteiger charge is 2.19. The molecule has 1 atom stereocenters. The molecule has 0 radical (unpaired) electrons. The topological polar surface area (TPSA) is 78.4 Å². The summed E-state index contributed by atoms with van der Waals surface area (Å²) in [4.78, 5) is 11.7. The van der Waals surface area contributed by atoms with Crippen molar-refractivity contribution in [1.82, 2.24) is 5.32 Å². The minimum atomic E-state index is -1.42. The van der Waals surface area contributed by atoms with Crippen LogP contribution in [0.4, 0.5) is 14.9 Å². The van der Waals surface area contributed by atoms with Crippen molar-refractivity contribution >= 4 is 22.5 Å². The Morgan fingerprint density at radius 3 is 2.58 bits per heavy atom. The van der Waals surface area contributed by atoms with Crippen molar-refractivity contribution in [2.75, 3.05) is 18.2 Å². The number of nitrogens with one attached hydrogen (secondary N) is 2. The molecule has 106 valence electrons. The van der Waals surface area contributed by atoms with Gasteiger partial charge in [0.1, 0.15) is 5.82 Å². The highest BCUT2D eigenvalue weighted by atomic mass is 32.2. The van der Waals surface area contributed by atoms with Crippen LogP contribution in [0.2, 0.25) is 0 Å². The van der Waals surface area contributed by atoms with Gasteiger partial charge in [-0.05, 0) is 32.0 Å². The minimum absolute atomic E-state index is 0.0849. The Balaban J connectivity index is 2.76. The lowest BCUT2D eigenvalue weighted by atomic mass is 10.1. The van der Waals surface area contributed by atoms with Gasteiger partial charge in [-0.15, -0.1) is 0 Å². The number of carbonyl (C=O) groups excluding carboxylic acids is 1. The quantitative estimate of drug-likeness (QED) is 0.785. The molecule has 19 heavy (non-hydrogen) atoms. The van der Waals surface area contributed by atoms with E-state index in [-0.39, 0.29) is 17.2 Å². The fraction of sp³-hybridized carbons (Fsp3) is 0.417. The zero-order chi connectivity index (χ0) is 14.6. The van der Waals surface area contributed by atoms with E-state index in [1.807, 2.05) is 0 Å². The van der Waals surface area contributed by atoms with Gasteiger partial charge in [0.25, 0.3) is 0 Å². The third-order valence-electron chi connectivity index (χ3n) is 2.35. The summed E-state index contributed by atoms with van der Waals surface area (Å²) in [5.41, 5.74) is -0.522. The molecule has 1 aromatic carbocycles. The summed E-state index contributed by atoms with van der Waals surface area (Å²) < 4.78 is 24.7. The molecule has 1 rings (SSSR count). The number of anilines is 1. The van der Waals surface area contributed by atoms with Gasteiger partial charge in [-0.2, -0.15) is 0 Å². The molecule has 0 saturated heterocycles. The fourth-order valence-electron chi connectivity index (χ4n) is 1.32. The molecule has 0 aliphatic rings. The molecule has 0 fully saturated rings. The van der Waals surface area contributed by atoms with E-state index >= 15 is 0 Å². The molecule has 0 bridgehead atoms. The molecule has 1 unspecified atom stereocenters. The van der Waals surface area contributed by atoms with E-state index in [0.717, 1.165) is 6.07 Å². The predicted molar refractivity (Wildman–Crippen MR) is 72.1 cm³/mol. The van der Waals surface area contributed by atoms with Crippen LogP contribution in [-0.2, 0) is 10.8 Å². The van der Waals surface area contributed by atoms with Gasteiger partial charge in [0.05, 0.1) is 27.8 Å². The summed E-state index contributed by atoms with van der Waals surface area (Å²) in [6.45, 7) is 3.08. The van der Waals surface area contributed by atoms with Crippen LogP contribution in [-0.4, -0.2) is 33.7 Å². The summed E-state index contributed by atoms with van der Waals surface area (Å²) >= 11 is 0. The second-order valence-corrected chi connectivity index (χ2v) is 6.07. The third-order valence-corrected chi connectivity index (χ3v) is 3.30. The number of halogens is 1. The number of amides is 2. The van der Waals surface area contributed by atoms with Crippen LogP contribution in [0.5, 0.6) is 0 Å². The molecule has 2 amide bonds. The van der Waals surface area contributed by atoms with E-state index in [9.17, 15) is 13.4 Å². The van der Waals surface area contributed by atoms with Crippen LogP contribution >= 0.6 is 0 Å². The number of hydrogen-bond acceptors (Lipinski definition) is 3. The van der Waals surface area contributed by atoms with E-state index in [1.54, 1.807) is 13.8 Å². The lowest BCUT2D eigenvalue weighted by Gasteiger charge is -2.23. The van der Waals surface area contributed by atoms with Crippen molar-refractivity contribution in [1.29, 1.82) is 0 Å². The second-order valence-electron chi connectivity index (χ2n) is 4.72. The summed E-state index contributed by atoms with van der Waals surface area (Å²) in [6, 6.07) is 3.37. The van der Waals surface area contributed by atoms with Crippen LogP contribution in [0.15, 0.2) is 23.1 Å². The van der Waals surface area contributed by atoms with Gasteiger partial charge in [0.2, 0.25) is 0 Å². The van der Waals surface area contributed by atoms with Crippen molar-refractivity contribution in [3.05, 3.63) is 24.0 Å². The van der Waals surface area contributed by atoms with Crippen molar-refractivity contribution in [3.8, 4) is 0 Å². The zero-order valence-electron chi connectivity index (χ0n) is 11.0. The smallest absolute Gasteiger partial charge is 0.319 e. The maximum absolute atomic E-state index is 13.6. The van der Waals surface area contributed by atoms with Crippen molar-refractivity contribution in [2.24, 2.45) is 0 Å². The number of urea groups is 1. The van der Waals surface area contributed by atoms with Gasteiger partial charge in [0, 0.05) is 11.9 Å². The number of carbonyl (C=O) groups is 1. The molecule has 0 spiro atoms. The standard InChI is InChI=1S/C12H17FN2O3S/c1-12(2,7-16)15-11(17)14-8-4-5-10(19(3)18)9(13)6-8/h4-6,16H,7H2,1-3H3,(H2,14,15,17). The maximum atomic E-state index is 13.6. The Morgan fingerprint density at radius 2 is 2.11 bits per heavy atom. The lowest BCUT2D eigenvalue weighted by Crippen LogP contribution is -2.48. The van der Waals surface area contributed by atoms with E-state index in [4.69, 9.17) is 5.11 Å². The Labute approximate surface area is 113 Å². The van der Waals surface area contributed by atoms with Crippen molar-refractivity contribution in [3.63, 3.8) is 0 Å². The number of aliphatic hydroxyl groups excluding tert-OH is 1. The SMILES string of the molecule is CS(=O)c1ccc(NC(=O)NC(C)(C)CO)cc1F. The Morgan fingerprint density at radius 1 is 1.47 bits per heavy atom. The number of hydrogen-bond donors (Lipinski definition) is 3. The molecular weight excluding hydrogens is 271 g/mol. The molecule has 0 aliphatic heterocycles. The predicted octanol–water partition coefficient (Wildman–Crippen LogP) is 1.46. The normalized spacial score (nSPS) is 12.9. The molecule has 5 nitrogen and oxygen atoms in total. The van der Waals surface area contributed by atoms with Crippen LogP contribution in [0.3, 0.4) is 0 Å². The molecule has 0 heterocycles. The van der Waals surface area contributed by atoms with Crippen LogP contribution in [0, 0.1) is 5.82 Å². The molecule has 7 heteroatoms. The molecule has 0 saturated carbocycles. The average Bonchev–Trinajstić information content (AvgIpc) is 2.27. The second kappa shape index (κ2) is 6.12. The van der Waals surface area contributed by atoms with E-state index < -0.39 is 28.2 Å². The van der Waals surface area contributed by atoms with Crippen LogP contribution in [0.25, 0.3) is 0 Å². The first-order chi connectivity index (χ1) is 8.75. The summed E-state index contributed by atoms with van der Waals surface area (Å²) in [6.07, 6.45) is 1.38. The van der Waals surface area contributed by atoms with Gasteiger partial charge < -0.3 is 15.7 Å². The van der Waals surface area contributed by atoms with E-state index in [2.05, 4.69) is 10.6 Å². The Bertz CT molecular complexity index is 506. The van der Waals surface area contributed by atoms with Gasteiger partial charge >= 0.3 is 6.03 Å². The van der Waals surface area contributed by atoms with Gasteiger partial charge in [-0.1, -0.05) is 0 Å². The zero-order valence-corrected chi connectivity index (χ0v) is 11.8. The van der Waals surface area contributed by atoms with E-state index in [0.29, 0.717) is 0 Å². The molecular formula is C12H17FN2O3S. The largest absolute Gasteiger partial charge is 0.394 e. The molecule has 0 aliphatic carbocycles. The summed E-state index contributed by atoms with van der Waals surface area (Å²) in [5, 5.41) is 14.0. The Kier molecular flexibility index (Phi) is 5.02. The fourth-order valence-corrected chi connectivity index (χ4v) is 1.91. The van der Waals surface area contributed by atoms with Crippen molar-refractivity contribution < 1.29 is 18.5 Å². The van der Waals surface area contributed by atoms with E-state index in [1.165, 1.54) is 18.4 Å². The summed E-state index contributed by atoms with van der Waals surface area (Å²) in [5.74, 6) is -0.639. The Hall–Kier alpha value is -1.47. The number of rotatable bonds is 4. The average molecular weight is 288 g/mol. The first-order valence-corrected chi connectivity index (χ1v) is 7.14. The number of aliphatic hydroxyl groups is 1. The third kappa shape index (κ3) is 4.60. The van der Waals surface area contributed by atoms with Gasteiger partial charge in [-0.3, -0.25) is 4.21 Å². The van der Waals surface area contributed by atoms with Crippen LogP contribution < -0.4 is 10.6 Å². The monoisotopic (exact) mass is 288 g/mol. The minimum Gasteiger partial charge on any atom is -0.394 e. The molecule has 0 aromatic heterocycles. The van der Waals surface area contributed by atoms with Gasteiger partial charge in [-0.25, -0.2) is 9.18 Å². The number of benzene rings is 1. The maximum Gasteiger partial charge on any atom is 0.319 e. The summed E-state index contributed by atoms with van der Waals surface area (Å²) in [7, 11) is -1.42. The highest BCUT2D eigenvalue weighted by Crippen LogP contribution is 2.17. The first kappa shape index (κ1) is 15.6. The highest BCUT2D eigenvalue weighted by molar-refractivity contribution is 7.84. The molecule has 1 aromatic rings. The van der Waals surface area contributed by atoms with Gasteiger partial charge in [0.15, 0.2) is 0 Å². The molecule has 3 N–H and O–H groups in total. The van der Waals surface area contributed by atoms with Crippen molar-refractivity contribution in [2.45, 2.75) is 24.3 Å². The first-order valence-electron chi connectivity index (χ1n) is 5.58.